The quantitative estimate of drug-likeness (QED) is 0.760. The van der Waals surface area contributed by atoms with Gasteiger partial charge in [-0.3, -0.25) is 4.79 Å². The molecule has 1 aromatic rings. The lowest BCUT2D eigenvalue weighted by atomic mass is 9.84. The van der Waals surface area contributed by atoms with Gasteiger partial charge < -0.3 is 19.9 Å². The number of carboxylic acids is 1. The summed E-state index contributed by atoms with van der Waals surface area (Å²) in [5, 5.41) is 11.6. The topological polar surface area (TPSA) is 84.9 Å². The van der Waals surface area contributed by atoms with Crippen molar-refractivity contribution in [1.82, 2.24) is 5.32 Å². The first-order valence-electron chi connectivity index (χ1n) is 6.96. The van der Waals surface area contributed by atoms with Gasteiger partial charge in [0, 0.05) is 12.5 Å². The summed E-state index contributed by atoms with van der Waals surface area (Å²) in [6, 6.07) is 6.38. The van der Waals surface area contributed by atoms with Gasteiger partial charge in [-0.25, -0.2) is 4.79 Å². The summed E-state index contributed by atoms with van der Waals surface area (Å²) in [6.45, 7) is 3.45. The zero-order chi connectivity index (χ0) is 16.8. The third kappa shape index (κ3) is 4.73. The smallest absolute Gasteiger partial charge is 0.328 e. The molecule has 0 saturated carbocycles. The van der Waals surface area contributed by atoms with Crippen LogP contribution in [-0.2, 0) is 20.7 Å². The Bertz CT molecular complexity index is 527. The molecular formula is C16H23NO5. The molecule has 1 unspecified atom stereocenters. The predicted octanol–water partition coefficient (Wildman–Crippen LogP) is 1.48. The number of hydrogen-bond donors (Lipinski definition) is 2. The first-order valence-corrected chi connectivity index (χ1v) is 6.96. The maximum atomic E-state index is 12.4. The molecule has 1 amide bonds. The average molecular weight is 309 g/mol. The molecule has 0 aromatic heterocycles. The second-order valence-corrected chi connectivity index (χ2v) is 5.69. The summed E-state index contributed by atoms with van der Waals surface area (Å²) < 4.78 is 10.1. The van der Waals surface area contributed by atoms with Gasteiger partial charge in [0.15, 0.2) is 6.04 Å². The average Bonchev–Trinajstić information content (AvgIpc) is 2.46. The van der Waals surface area contributed by atoms with E-state index in [4.69, 9.17) is 14.6 Å². The number of carboxylic acid groups (broad SMARTS) is 1. The van der Waals surface area contributed by atoms with Crippen LogP contribution in [0.4, 0.5) is 0 Å². The van der Waals surface area contributed by atoms with E-state index in [1.165, 1.54) is 7.11 Å². The minimum absolute atomic E-state index is 0.0776. The van der Waals surface area contributed by atoms with Gasteiger partial charge in [0.1, 0.15) is 5.75 Å². The zero-order valence-corrected chi connectivity index (χ0v) is 13.4. The Kier molecular flexibility index (Phi) is 6.37. The number of para-hydroxylation sites is 1. The number of ether oxygens (including phenoxy) is 2. The highest BCUT2D eigenvalue weighted by Crippen LogP contribution is 2.28. The van der Waals surface area contributed by atoms with Gasteiger partial charge in [-0.15, -0.1) is 0 Å². The first-order chi connectivity index (χ1) is 10.3. The predicted molar refractivity (Wildman–Crippen MR) is 81.9 cm³/mol. The number of carbonyl (C=O) groups excluding carboxylic acids is 1. The molecule has 6 heteroatoms. The van der Waals surface area contributed by atoms with Crippen molar-refractivity contribution in [3.8, 4) is 5.75 Å². The van der Waals surface area contributed by atoms with E-state index < -0.39 is 17.4 Å². The molecule has 0 aliphatic rings. The number of aliphatic carboxylic acids is 1. The SMILES string of the molecule is COCC(NC(=O)C(C)(C)Cc1ccccc1OC)C(=O)O. The van der Waals surface area contributed by atoms with Crippen LogP contribution in [0.25, 0.3) is 0 Å². The second kappa shape index (κ2) is 7.79. The van der Waals surface area contributed by atoms with Gasteiger partial charge >= 0.3 is 5.97 Å². The van der Waals surface area contributed by atoms with E-state index in [0.29, 0.717) is 12.2 Å². The number of hydrogen-bond acceptors (Lipinski definition) is 4. The third-order valence-electron chi connectivity index (χ3n) is 3.38. The molecule has 122 valence electrons. The molecule has 22 heavy (non-hydrogen) atoms. The zero-order valence-electron chi connectivity index (χ0n) is 13.4. The van der Waals surface area contributed by atoms with Crippen molar-refractivity contribution in [2.75, 3.05) is 20.8 Å². The number of amides is 1. The number of nitrogens with one attached hydrogen (secondary N) is 1. The Hall–Kier alpha value is -2.08. The standard InChI is InChI=1S/C16H23NO5/c1-16(2,9-11-7-5-6-8-13(11)22-4)15(20)17-12(10-21-3)14(18)19/h5-8,12H,9-10H2,1-4H3,(H,17,20)(H,18,19). The lowest BCUT2D eigenvalue weighted by Crippen LogP contribution is -2.49. The molecule has 0 heterocycles. The van der Waals surface area contributed by atoms with Crippen LogP contribution in [0.15, 0.2) is 24.3 Å². The number of carbonyl (C=O) groups is 2. The van der Waals surface area contributed by atoms with Crippen molar-refractivity contribution in [3.63, 3.8) is 0 Å². The first kappa shape index (κ1) is 18.0. The van der Waals surface area contributed by atoms with Crippen LogP contribution in [0.5, 0.6) is 5.75 Å². The molecule has 0 bridgehead atoms. The largest absolute Gasteiger partial charge is 0.496 e. The fourth-order valence-electron chi connectivity index (χ4n) is 2.10. The second-order valence-electron chi connectivity index (χ2n) is 5.69. The highest BCUT2D eigenvalue weighted by atomic mass is 16.5. The fraction of sp³-hybridized carbons (Fsp3) is 0.500. The van der Waals surface area contributed by atoms with E-state index in [1.54, 1.807) is 21.0 Å². The van der Waals surface area contributed by atoms with E-state index in [-0.39, 0.29) is 12.5 Å². The Morgan fingerprint density at radius 3 is 2.45 bits per heavy atom. The van der Waals surface area contributed by atoms with Crippen molar-refractivity contribution in [2.45, 2.75) is 26.3 Å². The van der Waals surface area contributed by atoms with Gasteiger partial charge in [-0.1, -0.05) is 32.0 Å². The molecule has 1 atom stereocenters. The number of rotatable bonds is 8. The van der Waals surface area contributed by atoms with E-state index in [0.717, 1.165) is 5.56 Å². The third-order valence-corrected chi connectivity index (χ3v) is 3.38. The van der Waals surface area contributed by atoms with E-state index in [1.807, 2.05) is 24.3 Å². The van der Waals surface area contributed by atoms with Gasteiger partial charge in [0.2, 0.25) is 5.91 Å². The molecule has 1 aromatic carbocycles. The fourth-order valence-corrected chi connectivity index (χ4v) is 2.10. The van der Waals surface area contributed by atoms with Crippen LogP contribution in [-0.4, -0.2) is 43.9 Å². The maximum absolute atomic E-state index is 12.4. The Balaban J connectivity index is 2.84. The maximum Gasteiger partial charge on any atom is 0.328 e. The van der Waals surface area contributed by atoms with Crippen LogP contribution < -0.4 is 10.1 Å². The Morgan fingerprint density at radius 2 is 1.91 bits per heavy atom. The molecule has 0 spiro atoms. The summed E-state index contributed by atoms with van der Waals surface area (Å²) in [5.41, 5.74) is 0.111. The number of methoxy groups -OCH3 is 2. The van der Waals surface area contributed by atoms with Gasteiger partial charge in [-0.2, -0.15) is 0 Å². The van der Waals surface area contributed by atoms with Crippen LogP contribution in [0.3, 0.4) is 0 Å². The molecule has 0 saturated heterocycles. The highest BCUT2D eigenvalue weighted by Gasteiger charge is 2.32. The van der Waals surface area contributed by atoms with Crippen molar-refractivity contribution in [1.29, 1.82) is 0 Å². The highest BCUT2D eigenvalue weighted by molar-refractivity contribution is 5.87. The lowest BCUT2D eigenvalue weighted by molar-refractivity contribution is -0.145. The molecule has 6 nitrogen and oxygen atoms in total. The van der Waals surface area contributed by atoms with Gasteiger partial charge in [0.25, 0.3) is 0 Å². The van der Waals surface area contributed by atoms with Crippen molar-refractivity contribution in [2.24, 2.45) is 5.41 Å². The summed E-state index contributed by atoms with van der Waals surface area (Å²) in [5.74, 6) is -0.763. The monoisotopic (exact) mass is 309 g/mol. The minimum Gasteiger partial charge on any atom is -0.496 e. The van der Waals surface area contributed by atoms with Gasteiger partial charge in [-0.05, 0) is 18.1 Å². The van der Waals surface area contributed by atoms with Crippen LogP contribution in [0, 0.1) is 5.41 Å². The van der Waals surface area contributed by atoms with E-state index >= 15 is 0 Å². The van der Waals surface area contributed by atoms with Gasteiger partial charge in [0.05, 0.1) is 13.7 Å². The van der Waals surface area contributed by atoms with E-state index in [9.17, 15) is 9.59 Å². The van der Waals surface area contributed by atoms with Crippen molar-refractivity contribution >= 4 is 11.9 Å². The molecule has 0 radical (unpaired) electrons. The van der Waals surface area contributed by atoms with Crippen molar-refractivity contribution in [3.05, 3.63) is 29.8 Å². The lowest BCUT2D eigenvalue weighted by Gasteiger charge is -2.26. The Labute approximate surface area is 130 Å². The normalized spacial score (nSPS) is 12.5. The summed E-state index contributed by atoms with van der Waals surface area (Å²) in [7, 11) is 2.97. The molecule has 0 fully saturated rings. The van der Waals surface area contributed by atoms with Crippen molar-refractivity contribution < 1.29 is 24.2 Å². The molecule has 2 N–H and O–H groups in total. The molecule has 1 rings (SSSR count). The summed E-state index contributed by atoms with van der Waals surface area (Å²) in [6.07, 6.45) is 0.433. The van der Waals surface area contributed by atoms with Crippen LogP contribution in [0.2, 0.25) is 0 Å². The van der Waals surface area contributed by atoms with Crippen LogP contribution in [0.1, 0.15) is 19.4 Å². The summed E-state index contributed by atoms with van der Waals surface area (Å²) in [4.78, 5) is 23.5. The van der Waals surface area contributed by atoms with Crippen LogP contribution >= 0.6 is 0 Å². The minimum atomic E-state index is -1.12. The van der Waals surface area contributed by atoms with E-state index in [2.05, 4.69) is 5.32 Å². The summed E-state index contributed by atoms with van der Waals surface area (Å²) >= 11 is 0. The Morgan fingerprint density at radius 1 is 1.27 bits per heavy atom. The molecule has 0 aliphatic carbocycles. The molecular weight excluding hydrogens is 286 g/mol. The number of benzene rings is 1. The molecule has 0 aliphatic heterocycles.